The third kappa shape index (κ3) is 4.86. The van der Waals surface area contributed by atoms with Gasteiger partial charge in [-0.3, -0.25) is 9.13 Å². The summed E-state index contributed by atoms with van der Waals surface area (Å²) in [7, 11) is 3.60. The molecule has 0 spiro atoms. The molecule has 0 bridgehead atoms. The second-order valence-electron chi connectivity index (χ2n) is 11.5. The Morgan fingerprint density at radius 2 is 0.870 bits per heavy atom. The first-order valence-corrected chi connectivity index (χ1v) is 15.2. The average Bonchev–Trinajstić information content (AvgIpc) is 3.34. The van der Waals surface area contributed by atoms with E-state index < -0.39 is 0 Å². The molecule has 0 radical (unpaired) electrons. The Kier molecular flexibility index (Phi) is 6.61. The van der Waals surface area contributed by atoms with Gasteiger partial charge in [0.05, 0.1) is 11.0 Å². The van der Waals surface area contributed by atoms with Crippen molar-refractivity contribution in [3.8, 4) is 56.4 Å². The molecular weight excluding hydrogens is 566 g/mol. The molecular formula is C40H29N5O. The molecule has 8 aromatic rings. The maximum atomic E-state index is 12.5. The molecule has 0 fully saturated rings. The highest BCUT2D eigenvalue weighted by molar-refractivity contribution is 5.88. The Morgan fingerprint density at radius 3 is 1.54 bits per heavy atom. The summed E-state index contributed by atoms with van der Waals surface area (Å²) >= 11 is 0. The van der Waals surface area contributed by atoms with Gasteiger partial charge in [-0.25, -0.2) is 19.7 Å². The molecule has 0 aliphatic rings. The van der Waals surface area contributed by atoms with E-state index in [9.17, 15) is 4.79 Å². The summed E-state index contributed by atoms with van der Waals surface area (Å²) in [5, 5.41) is 2.42. The van der Waals surface area contributed by atoms with E-state index in [0.717, 1.165) is 50.0 Å². The van der Waals surface area contributed by atoms with Gasteiger partial charge in [-0.15, -0.1) is 0 Å². The van der Waals surface area contributed by atoms with Gasteiger partial charge in [-0.2, -0.15) is 0 Å². The lowest BCUT2D eigenvalue weighted by Gasteiger charge is -2.11. The molecule has 0 atom stereocenters. The van der Waals surface area contributed by atoms with Crippen LogP contribution in [0, 0.1) is 0 Å². The summed E-state index contributed by atoms with van der Waals surface area (Å²) in [5.74, 6) is 1.82. The summed E-state index contributed by atoms with van der Waals surface area (Å²) in [4.78, 5) is 27.5. The zero-order valence-corrected chi connectivity index (χ0v) is 25.4. The smallest absolute Gasteiger partial charge is 0.295 e. The van der Waals surface area contributed by atoms with Crippen LogP contribution in [0.2, 0.25) is 0 Å². The van der Waals surface area contributed by atoms with E-state index in [2.05, 4.69) is 78.9 Å². The fraction of sp³-hybridized carbons (Fsp3) is 0.0500. The Hall–Kier alpha value is -6.14. The number of hydrogen-bond donors (Lipinski definition) is 0. The van der Waals surface area contributed by atoms with Crippen LogP contribution in [0.3, 0.4) is 0 Å². The molecule has 6 heteroatoms. The summed E-state index contributed by atoms with van der Waals surface area (Å²) < 4.78 is 3.35. The standard InChI is InChI=1S/C40H29N5O/c1-44-35-21-20-32(25-36(35)45(2)40(44)46)30-15-9-17-34(24-30)39-42-37(27-11-4-3-5-12-27)41-38(43-39)33-16-8-14-29(23-33)31-19-18-26-10-6-7-13-28(26)22-31/h3-25H,1-2H3. The van der Waals surface area contributed by atoms with Crippen molar-refractivity contribution in [2.24, 2.45) is 14.1 Å². The molecule has 0 aliphatic heterocycles. The van der Waals surface area contributed by atoms with Crippen LogP contribution in [-0.2, 0) is 14.1 Å². The number of nitrogens with zero attached hydrogens (tertiary/aromatic N) is 5. The lowest BCUT2D eigenvalue weighted by atomic mass is 9.99. The first-order chi connectivity index (χ1) is 22.5. The van der Waals surface area contributed by atoms with Gasteiger partial charge in [-0.05, 0) is 63.4 Å². The van der Waals surface area contributed by atoms with Gasteiger partial charge < -0.3 is 0 Å². The minimum atomic E-state index is -0.0447. The number of fused-ring (bicyclic) bond motifs is 2. The predicted molar refractivity (Wildman–Crippen MR) is 186 cm³/mol. The first-order valence-electron chi connectivity index (χ1n) is 15.2. The van der Waals surface area contributed by atoms with Gasteiger partial charge >= 0.3 is 5.69 Å². The van der Waals surface area contributed by atoms with Gasteiger partial charge in [0.1, 0.15) is 0 Å². The molecule has 0 saturated carbocycles. The average molecular weight is 596 g/mol. The quantitative estimate of drug-likeness (QED) is 0.200. The largest absolute Gasteiger partial charge is 0.328 e. The molecule has 0 amide bonds. The molecule has 6 aromatic carbocycles. The van der Waals surface area contributed by atoms with Crippen LogP contribution < -0.4 is 5.69 Å². The van der Waals surface area contributed by atoms with Gasteiger partial charge in [0.15, 0.2) is 17.5 Å². The lowest BCUT2D eigenvalue weighted by molar-refractivity contribution is 0.795. The van der Waals surface area contributed by atoms with Gasteiger partial charge in [-0.1, -0.05) is 109 Å². The molecule has 6 nitrogen and oxygen atoms in total. The SMILES string of the molecule is Cn1c(=O)n(C)c2cc(-c3cccc(-c4nc(-c5ccccc5)nc(-c5cccc(-c6ccc7ccccc7c6)c5)n4)c3)ccc21. The number of hydrogen-bond acceptors (Lipinski definition) is 4. The van der Waals surface area contributed by atoms with Crippen molar-refractivity contribution in [1.82, 2.24) is 24.1 Å². The van der Waals surface area contributed by atoms with E-state index in [-0.39, 0.29) is 5.69 Å². The number of aromatic nitrogens is 5. The Bertz CT molecular complexity index is 2480. The van der Waals surface area contributed by atoms with Gasteiger partial charge in [0, 0.05) is 30.8 Å². The lowest BCUT2D eigenvalue weighted by Crippen LogP contribution is -2.19. The maximum absolute atomic E-state index is 12.5. The van der Waals surface area contributed by atoms with Crippen LogP contribution >= 0.6 is 0 Å². The maximum Gasteiger partial charge on any atom is 0.328 e. The zero-order valence-electron chi connectivity index (χ0n) is 25.4. The number of aryl methyl sites for hydroxylation is 2. The van der Waals surface area contributed by atoms with E-state index in [0.29, 0.717) is 17.5 Å². The van der Waals surface area contributed by atoms with Crippen molar-refractivity contribution in [3.63, 3.8) is 0 Å². The molecule has 46 heavy (non-hydrogen) atoms. The van der Waals surface area contributed by atoms with Crippen LogP contribution in [0.25, 0.3) is 78.2 Å². The topological polar surface area (TPSA) is 65.6 Å². The summed E-state index contributed by atoms with van der Waals surface area (Å²) in [6, 6.07) is 47.6. The Balaban J connectivity index is 1.24. The summed E-state index contributed by atoms with van der Waals surface area (Å²) in [6.07, 6.45) is 0. The third-order valence-electron chi connectivity index (χ3n) is 8.60. The van der Waals surface area contributed by atoms with Crippen LogP contribution in [-0.4, -0.2) is 24.1 Å². The Morgan fingerprint density at radius 1 is 0.391 bits per heavy atom. The fourth-order valence-corrected chi connectivity index (χ4v) is 6.08. The van der Waals surface area contributed by atoms with E-state index in [1.807, 2.05) is 60.7 Å². The normalized spacial score (nSPS) is 11.3. The minimum Gasteiger partial charge on any atom is -0.295 e. The van der Waals surface area contributed by atoms with E-state index in [4.69, 9.17) is 15.0 Å². The van der Waals surface area contributed by atoms with Crippen LogP contribution in [0.4, 0.5) is 0 Å². The van der Waals surface area contributed by atoms with Crippen molar-refractivity contribution in [2.45, 2.75) is 0 Å². The highest BCUT2D eigenvalue weighted by Crippen LogP contribution is 2.31. The number of benzene rings is 6. The molecule has 8 rings (SSSR count). The van der Waals surface area contributed by atoms with Crippen molar-refractivity contribution in [3.05, 3.63) is 150 Å². The highest BCUT2D eigenvalue weighted by Gasteiger charge is 2.15. The van der Waals surface area contributed by atoms with Crippen molar-refractivity contribution < 1.29 is 0 Å². The first kappa shape index (κ1) is 27.4. The van der Waals surface area contributed by atoms with Gasteiger partial charge in [0.2, 0.25) is 0 Å². The number of imidazole rings is 1. The fourth-order valence-electron chi connectivity index (χ4n) is 6.08. The summed E-state index contributed by atoms with van der Waals surface area (Å²) in [5.41, 5.74) is 8.71. The number of rotatable bonds is 5. The van der Waals surface area contributed by atoms with Crippen molar-refractivity contribution in [2.75, 3.05) is 0 Å². The monoisotopic (exact) mass is 595 g/mol. The van der Waals surface area contributed by atoms with E-state index in [1.165, 1.54) is 10.8 Å². The molecule has 0 saturated heterocycles. The molecule has 220 valence electrons. The van der Waals surface area contributed by atoms with Crippen LogP contribution in [0.1, 0.15) is 0 Å². The molecule has 2 heterocycles. The molecule has 0 N–H and O–H groups in total. The predicted octanol–water partition coefficient (Wildman–Crippen LogP) is 8.55. The third-order valence-corrected chi connectivity index (χ3v) is 8.60. The second-order valence-corrected chi connectivity index (χ2v) is 11.5. The van der Waals surface area contributed by atoms with E-state index in [1.54, 1.807) is 23.2 Å². The van der Waals surface area contributed by atoms with E-state index >= 15 is 0 Å². The highest BCUT2D eigenvalue weighted by atomic mass is 16.1. The zero-order chi connectivity index (χ0) is 31.2. The minimum absolute atomic E-state index is 0.0447. The van der Waals surface area contributed by atoms with Crippen molar-refractivity contribution in [1.29, 1.82) is 0 Å². The van der Waals surface area contributed by atoms with Crippen LogP contribution in [0.5, 0.6) is 0 Å². The van der Waals surface area contributed by atoms with Gasteiger partial charge in [0.25, 0.3) is 0 Å². The van der Waals surface area contributed by atoms with Crippen LogP contribution in [0.15, 0.2) is 144 Å². The Labute approximate surface area is 265 Å². The second kappa shape index (κ2) is 11.1. The molecule has 0 unspecified atom stereocenters. The van der Waals surface area contributed by atoms with Crippen molar-refractivity contribution >= 4 is 21.8 Å². The molecule has 2 aromatic heterocycles. The molecule has 0 aliphatic carbocycles. The summed E-state index contributed by atoms with van der Waals surface area (Å²) in [6.45, 7) is 0.